The second-order valence-corrected chi connectivity index (χ2v) is 6.04. The van der Waals surface area contributed by atoms with Crippen LogP contribution < -0.4 is 0 Å². The number of nitrogens with zero attached hydrogens (tertiary/aromatic N) is 1. The van der Waals surface area contributed by atoms with Crippen molar-refractivity contribution in [2.24, 2.45) is 11.8 Å². The zero-order chi connectivity index (χ0) is 11.0. The predicted octanol–water partition coefficient (Wildman–Crippen LogP) is 2.76. The molecule has 1 aliphatic heterocycles. The Morgan fingerprint density at radius 3 is 1.81 bits per heavy atom. The SMILES string of the molecule is OC1(N2CCCC2)C2CCCCCCCC21. The van der Waals surface area contributed by atoms with Crippen LogP contribution in [0, 0.1) is 11.8 Å². The molecular formula is C14H25NO. The number of hydrogen-bond donors (Lipinski definition) is 1. The molecule has 2 unspecified atom stereocenters. The van der Waals surface area contributed by atoms with E-state index in [2.05, 4.69) is 4.90 Å². The van der Waals surface area contributed by atoms with Crippen LogP contribution >= 0.6 is 0 Å². The first kappa shape index (κ1) is 11.0. The van der Waals surface area contributed by atoms with E-state index in [-0.39, 0.29) is 5.72 Å². The Bertz CT molecular complexity index is 233. The lowest BCUT2D eigenvalue weighted by Crippen LogP contribution is -2.38. The molecule has 2 heteroatoms. The minimum atomic E-state index is -0.367. The fraction of sp³-hybridized carbons (Fsp3) is 1.00. The van der Waals surface area contributed by atoms with Crippen LogP contribution in [-0.4, -0.2) is 28.8 Å². The first-order valence-electron chi connectivity index (χ1n) is 7.31. The second-order valence-electron chi connectivity index (χ2n) is 6.04. The summed E-state index contributed by atoms with van der Waals surface area (Å²) in [4.78, 5) is 2.39. The molecule has 3 rings (SSSR count). The van der Waals surface area contributed by atoms with Crippen LogP contribution in [0.25, 0.3) is 0 Å². The maximum atomic E-state index is 10.9. The van der Waals surface area contributed by atoms with E-state index < -0.39 is 0 Å². The summed E-state index contributed by atoms with van der Waals surface area (Å²) in [6.45, 7) is 2.28. The van der Waals surface area contributed by atoms with Crippen molar-refractivity contribution < 1.29 is 5.11 Å². The van der Waals surface area contributed by atoms with E-state index >= 15 is 0 Å². The average molecular weight is 223 g/mol. The van der Waals surface area contributed by atoms with Gasteiger partial charge in [-0.15, -0.1) is 0 Å². The monoisotopic (exact) mass is 223 g/mol. The third-order valence-electron chi connectivity index (χ3n) is 5.11. The van der Waals surface area contributed by atoms with E-state index in [0.717, 1.165) is 13.1 Å². The van der Waals surface area contributed by atoms with E-state index in [0.29, 0.717) is 11.8 Å². The lowest BCUT2D eigenvalue weighted by molar-refractivity contribution is -0.0339. The first-order chi connectivity index (χ1) is 7.83. The highest BCUT2D eigenvalue weighted by molar-refractivity contribution is 5.11. The molecule has 1 heterocycles. The number of hydrogen-bond acceptors (Lipinski definition) is 2. The summed E-state index contributed by atoms with van der Waals surface area (Å²) in [6.07, 6.45) is 12.0. The van der Waals surface area contributed by atoms with Crippen LogP contribution in [0.3, 0.4) is 0 Å². The van der Waals surface area contributed by atoms with Crippen LogP contribution in [0.2, 0.25) is 0 Å². The molecule has 0 spiro atoms. The molecule has 0 aromatic carbocycles. The molecule has 0 aromatic heterocycles. The molecule has 2 saturated carbocycles. The molecule has 3 aliphatic rings. The van der Waals surface area contributed by atoms with Crippen LogP contribution in [-0.2, 0) is 0 Å². The van der Waals surface area contributed by atoms with Gasteiger partial charge in [-0.05, 0) is 25.7 Å². The van der Waals surface area contributed by atoms with Crippen LogP contribution in [0.15, 0.2) is 0 Å². The number of fused-ring (bicyclic) bond motifs is 1. The fourth-order valence-electron chi connectivity index (χ4n) is 4.14. The number of aliphatic hydroxyl groups is 1. The van der Waals surface area contributed by atoms with Gasteiger partial charge in [0.15, 0.2) is 0 Å². The van der Waals surface area contributed by atoms with Gasteiger partial charge in [0.2, 0.25) is 0 Å². The van der Waals surface area contributed by atoms with Crippen molar-refractivity contribution >= 4 is 0 Å². The van der Waals surface area contributed by atoms with Gasteiger partial charge in [-0.25, -0.2) is 0 Å². The Balaban J connectivity index is 1.67. The molecular weight excluding hydrogens is 198 g/mol. The second kappa shape index (κ2) is 4.30. The minimum absolute atomic E-state index is 0.367. The summed E-state index contributed by atoms with van der Waals surface area (Å²) >= 11 is 0. The summed E-state index contributed by atoms with van der Waals surface area (Å²) in [5.74, 6) is 1.23. The van der Waals surface area contributed by atoms with Gasteiger partial charge in [-0.2, -0.15) is 0 Å². The minimum Gasteiger partial charge on any atom is -0.375 e. The van der Waals surface area contributed by atoms with Crippen molar-refractivity contribution in [3.05, 3.63) is 0 Å². The van der Waals surface area contributed by atoms with Crippen LogP contribution in [0.4, 0.5) is 0 Å². The lowest BCUT2D eigenvalue weighted by Gasteiger charge is -2.25. The predicted molar refractivity (Wildman–Crippen MR) is 65.1 cm³/mol. The van der Waals surface area contributed by atoms with Gasteiger partial charge in [0.25, 0.3) is 0 Å². The summed E-state index contributed by atoms with van der Waals surface area (Å²) in [5.41, 5.74) is -0.367. The third-order valence-corrected chi connectivity index (χ3v) is 5.11. The average Bonchev–Trinajstić information content (AvgIpc) is 2.80. The largest absolute Gasteiger partial charge is 0.375 e. The first-order valence-corrected chi connectivity index (χ1v) is 7.31. The van der Waals surface area contributed by atoms with Gasteiger partial charge in [-0.3, -0.25) is 4.90 Å². The highest BCUT2D eigenvalue weighted by Crippen LogP contribution is 2.58. The highest BCUT2D eigenvalue weighted by atomic mass is 16.3. The highest BCUT2D eigenvalue weighted by Gasteiger charge is 2.65. The van der Waals surface area contributed by atoms with Crippen molar-refractivity contribution in [3.8, 4) is 0 Å². The van der Waals surface area contributed by atoms with E-state index in [1.165, 1.54) is 57.8 Å². The number of likely N-dealkylation sites (tertiary alicyclic amines) is 1. The van der Waals surface area contributed by atoms with Gasteiger partial charge in [0.05, 0.1) is 0 Å². The molecule has 92 valence electrons. The maximum Gasteiger partial charge on any atom is 0.125 e. The zero-order valence-corrected chi connectivity index (χ0v) is 10.3. The van der Waals surface area contributed by atoms with Crippen LogP contribution in [0.5, 0.6) is 0 Å². The molecule has 2 atom stereocenters. The topological polar surface area (TPSA) is 23.5 Å². The van der Waals surface area contributed by atoms with Gasteiger partial charge in [0.1, 0.15) is 5.72 Å². The Morgan fingerprint density at radius 1 is 0.750 bits per heavy atom. The van der Waals surface area contributed by atoms with Gasteiger partial charge in [-0.1, -0.05) is 32.1 Å². The maximum absolute atomic E-state index is 10.9. The summed E-state index contributed by atoms with van der Waals surface area (Å²) in [7, 11) is 0. The molecule has 2 nitrogen and oxygen atoms in total. The molecule has 2 aliphatic carbocycles. The Morgan fingerprint density at radius 2 is 1.25 bits per heavy atom. The Hall–Kier alpha value is -0.0800. The van der Waals surface area contributed by atoms with Crippen molar-refractivity contribution in [2.75, 3.05) is 13.1 Å². The summed E-state index contributed by atoms with van der Waals surface area (Å²) < 4.78 is 0. The quantitative estimate of drug-likeness (QED) is 0.739. The molecule has 3 fully saturated rings. The summed E-state index contributed by atoms with van der Waals surface area (Å²) in [6, 6.07) is 0. The summed E-state index contributed by atoms with van der Waals surface area (Å²) in [5, 5.41) is 10.9. The molecule has 0 aromatic rings. The third kappa shape index (κ3) is 1.70. The fourth-order valence-corrected chi connectivity index (χ4v) is 4.14. The molecule has 1 saturated heterocycles. The van der Waals surface area contributed by atoms with Crippen molar-refractivity contribution in [3.63, 3.8) is 0 Å². The molecule has 0 bridgehead atoms. The van der Waals surface area contributed by atoms with Gasteiger partial charge >= 0.3 is 0 Å². The van der Waals surface area contributed by atoms with Crippen molar-refractivity contribution in [2.45, 2.75) is 63.5 Å². The smallest absolute Gasteiger partial charge is 0.125 e. The zero-order valence-electron chi connectivity index (χ0n) is 10.3. The van der Waals surface area contributed by atoms with Gasteiger partial charge < -0.3 is 5.11 Å². The Kier molecular flexibility index (Phi) is 2.97. The lowest BCUT2D eigenvalue weighted by atomic mass is 10.1. The van der Waals surface area contributed by atoms with E-state index in [9.17, 15) is 5.11 Å². The molecule has 1 N–H and O–H groups in total. The van der Waals surface area contributed by atoms with E-state index in [4.69, 9.17) is 0 Å². The molecule has 0 radical (unpaired) electrons. The van der Waals surface area contributed by atoms with Gasteiger partial charge in [0, 0.05) is 24.9 Å². The Labute approximate surface area is 99.0 Å². The van der Waals surface area contributed by atoms with Crippen LogP contribution in [0.1, 0.15) is 57.8 Å². The van der Waals surface area contributed by atoms with E-state index in [1.807, 2.05) is 0 Å². The van der Waals surface area contributed by atoms with Crippen molar-refractivity contribution in [1.29, 1.82) is 0 Å². The number of rotatable bonds is 1. The standard InChI is InChI=1S/C14H25NO/c16-14(15-10-6-7-11-15)12-8-4-2-1-3-5-9-13(12)14/h12-13,16H,1-11H2. The molecule has 0 amide bonds. The normalized spacial score (nSPS) is 45.6. The molecule has 16 heavy (non-hydrogen) atoms. The van der Waals surface area contributed by atoms with E-state index in [1.54, 1.807) is 0 Å². The van der Waals surface area contributed by atoms with Crippen molar-refractivity contribution in [1.82, 2.24) is 4.90 Å².